The van der Waals surface area contributed by atoms with Gasteiger partial charge in [-0.05, 0) is 27.6 Å². The van der Waals surface area contributed by atoms with Crippen molar-refractivity contribution in [2.24, 2.45) is 12.8 Å². The molecule has 3 heteroatoms. The Hall–Kier alpha value is -1.06. The molecule has 0 spiro atoms. The zero-order valence-corrected chi connectivity index (χ0v) is 10.2. The van der Waals surface area contributed by atoms with E-state index < -0.39 is 0 Å². The van der Waals surface area contributed by atoms with E-state index in [2.05, 4.69) is 51.0 Å². The van der Waals surface area contributed by atoms with E-state index in [0.29, 0.717) is 6.54 Å². The van der Waals surface area contributed by atoms with E-state index in [1.807, 2.05) is 13.1 Å². The van der Waals surface area contributed by atoms with Crippen molar-refractivity contribution in [2.75, 3.05) is 6.54 Å². The number of nitrogens with two attached hydrogens (primary N) is 1. The molecule has 0 saturated carbocycles. The van der Waals surface area contributed by atoms with Gasteiger partial charge in [0.25, 0.3) is 0 Å². The molecular weight excluding hydrogens is 252 g/mol. The second-order valence-corrected chi connectivity index (χ2v) is 4.32. The van der Waals surface area contributed by atoms with Crippen LogP contribution in [0, 0.1) is 0 Å². The second-order valence-electron chi connectivity index (χ2n) is 3.47. The number of rotatable bonds is 2. The molecule has 0 radical (unpaired) electrons. The maximum Gasteiger partial charge on any atom is 0.0495 e. The molecule has 0 atom stereocenters. The molecule has 0 aliphatic rings. The summed E-state index contributed by atoms with van der Waals surface area (Å²) < 4.78 is 3.23. The molecule has 0 saturated heterocycles. The van der Waals surface area contributed by atoms with Crippen molar-refractivity contribution < 1.29 is 0 Å². The number of aromatic nitrogens is 1. The largest absolute Gasteiger partial charge is 0.349 e. The van der Waals surface area contributed by atoms with Crippen molar-refractivity contribution in [3.8, 4) is 0 Å². The first kappa shape index (κ1) is 10.5. The molecule has 1 aromatic heterocycles. The van der Waals surface area contributed by atoms with Crippen molar-refractivity contribution in [3.05, 3.63) is 40.5 Å². The Morgan fingerprint density at radius 3 is 3.00 bits per heavy atom. The quantitative estimate of drug-likeness (QED) is 0.889. The highest BCUT2D eigenvalue weighted by Gasteiger charge is 2.06. The summed E-state index contributed by atoms with van der Waals surface area (Å²) >= 11 is 3.57. The van der Waals surface area contributed by atoms with Crippen LogP contribution in [-0.2, 0) is 7.05 Å². The van der Waals surface area contributed by atoms with Crippen LogP contribution in [-0.4, -0.2) is 11.1 Å². The Balaban J connectivity index is 2.69. The zero-order valence-electron chi connectivity index (χ0n) is 8.57. The van der Waals surface area contributed by atoms with Crippen LogP contribution >= 0.6 is 15.9 Å². The van der Waals surface area contributed by atoms with Crippen LogP contribution in [0.2, 0.25) is 0 Å². The van der Waals surface area contributed by atoms with Gasteiger partial charge >= 0.3 is 0 Å². The summed E-state index contributed by atoms with van der Waals surface area (Å²) in [7, 11) is 2.05. The third kappa shape index (κ3) is 1.85. The van der Waals surface area contributed by atoms with Gasteiger partial charge in [0, 0.05) is 35.2 Å². The maximum absolute atomic E-state index is 5.46. The standard InChI is InChI=1S/C12H13BrN2/c1-15-8-10(13)12-9(5-3-7-14)4-2-6-11(12)15/h2-6,8H,7,14H2,1H3/b5-3+. The number of nitrogens with zero attached hydrogens (tertiary/aromatic N) is 1. The molecule has 0 unspecified atom stereocenters. The topological polar surface area (TPSA) is 30.9 Å². The molecule has 0 bridgehead atoms. The minimum atomic E-state index is 0.570. The molecule has 0 fully saturated rings. The normalized spacial score (nSPS) is 11.7. The first-order valence-electron chi connectivity index (χ1n) is 4.84. The molecule has 2 rings (SSSR count). The summed E-state index contributed by atoms with van der Waals surface area (Å²) in [6, 6.07) is 6.27. The number of hydrogen-bond acceptors (Lipinski definition) is 1. The fraction of sp³-hybridized carbons (Fsp3) is 0.167. The number of hydrogen-bond donors (Lipinski definition) is 1. The fourth-order valence-electron chi connectivity index (χ4n) is 1.75. The van der Waals surface area contributed by atoms with Crippen LogP contribution in [0.3, 0.4) is 0 Å². The van der Waals surface area contributed by atoms with Gasteiger partial charge in [0.15, 0.2) is 0 Å². The van der Waals surface area contributed by atoms with Gasteiger partial charge in [-0.2, -0.15) is 0 Å². The van der Waals surface area contributed by atoms with E-state index >= 15 is 0 Å². The smallest absolute Gasteiger partial charge is 0.0495 e. The molecule has 0 aliphatic carbocycles. The van der Waals surface area contributed by atoms with Crippen LogP contribution in [0.1, 0.15) is 5.56 Å². The van der Waals surface area contributed by atoms with Crippen LogP contribution in [0.5, 0.6) is 0 Å². The van der Waals surface area contributed by atoms with Crippen LogP contribution in [0.15, 0.2) is 34.9 Å². The van der Waals surface area contributed by atoms with Crippen molar-refractivity contribution in [1.82, 2.24) is 4.57 Å². The van der Waals surface area contributed by atoms with Gasteiger partial charge in [-0.3, -0.25) is 0 Å². The van der Waals surface area contributed by atoms with Gasteiger partial charge in [0.05, 0.1) is 0 Å². The van der Waals surface area contributed by atoms with Gasteiger partial charge in [-0.15, -0.1) is 0 Å². The van der Waals surface area contributed by atoms with Gasteiger partial charge in [0.1, 0.15) is 0 Å². The van der Waals surface area contributed by atoms with E-state index in [1.54, 1.807) is 0 Å². The lowest BCUT2D eigenvalue weighted by molar-refractivity contribution is 0.966. The van der Waals surface area contributed by atoms with Gasteiger partial charge in [-0.25, -0.2) is 0 Å². The second kappa shape index (κ2) is 4.21. The molecule has 1 heterocycles. The number of halogens is 1. The summed E-state index contributed by atoms with van der Waals surface area (Å²) in [6.07, 6.45) is 6.10. The molecule has 0 aliphatic heterocycles. The van der Waals surface area contributed by atoms with Crippen LogP contribution in [0.4, 0.5) is 0 Å². The highest BCUT2D eigenvalue weighted by Crippen LogP contribution is 2.29. The third-order valence-electron chi connectivity index (χ3n) is 2.43. The molecule has 0 amide bonds. The molecule has 78 valence electrons. The lowest BCUT2D eigenvalue weighted by Crippen LogP contribution is -1.92. The van der Waals surface area contributed by atoms with Crippen molar-refractivity contribution >= 4 is 32.9 Å². The van der Waals surface area contributed by atoms with E-state index in [4.69, 9.17) is 5.73 Å². The van der Waals surface area contributed by atoms with Crippen molar-refractivity contribution in [1.29, 1.82) is 0 Å². The predicted octanol–water partition coefficient (Wildman–Crippen LogP) is 2.91. The Bertz CT molecular complexity index is 512. The summed E-state index contributed by atoms with van der Waals surface area (Å²) in [6.45, 7) is 0.570. The minimum Gasteiger partial charge on any atom is -0.349 e. The van der Waals surface area contributed by atoms with Gasteiger partial charge in [0.2, 0.25) is 0 Å². The van der Waals surface area contributed by atoms with Gasteiger partial charge < -0.3 is 10.3 Å². The SMILES string of the molecule is Cn1cc(Br)c2c(/C=C/CN)cccc21. The first-order valence-corrected chi connectivity index (χ1v) is 5.63. The Kier molecular flexibility index (Phi) is 2.93. The Labute approximate surface area is 97.5 Å². The summed E-state index contributed by atoms with van der Waals surface area (Å²) in [5.41, 5.74) is 7.88. The molecule has 2 aromatic rings. The minimum absolute atomic E-state index is 0.570. The van der Waals surface area contributed by atoms with Crippen LogP contribution in [0.25, 0.3) is 17.0 Å². The lowest BCUT2D eigenvalue weighted by Gasteiger charge is -1.99. The van der Waals surface area contributed by atoms with Gasteiger partial charge in [-0.1, -0.05) is 24.3 Å². The van der Waals surface area contributed by atoms with E-state index in [9.17, 15) is 0 Å². The molecular formula is C12H13BrN2. The summed E-state index contributed by atoms with van der Waals surface area (Å²) in [4.78, 5) is 0. The Morgan fingerprint density at radius 2 is 2.27 bits per heavy atom. The van der Waals surface area contributed by atoms with E-state index in [-0.39, 0.29) is 0 Å². The van der Waals surface area contributed by atoms with Crippen LogP contribution < -0.4 is 5.73 Å². The fourth-order valence-corrected chi connectivity index (χ4v) is 2.49. The lowest BCUT2D eigenvalue weighted by atomic mass is 10.1. The van der Waals surface area contributed by atoms with E-state index in [0.717, 1.165) is 4.47 Å². The van der Waals surface area contributed by atoms with Crippen molar-refractivity contribution in [2.45, 2.75) is 0 Å². The highest BCUT2D eigenvalue weighted by molar-refractivity contribution is 9.10. The molecule has 2 nitrogen and oxygen atoms in total. The average molecular weight is 265 g/mol. The summed E-state index contributed by atoms with van der Waals surface area (Å²) in [5, 5.41) is 1.24. The zero-order chi connectivity index (χ0) is 10.8. The monoisotopic (exact) mass is 264 g/mol. The summed E-state index contributed by atoms with van der Waals surface area (Å²) in [5.74, 6) is 0. The number of aryl methyl sites for hydroxylation is 1. The number of fused-ring (bicyclic) bond motifs is 1. The highest BCUT2D eigenvalue weighted by atomic mass is 79.9. The predicted molar refractivity (Wildman–Crippen MR) is 68.7 cm³/mol. The molecule has 1 aromatic carbocycles. The molecule has 2 N–H and O–H groups in total. The van der Waals surface area contributed by atoms with E-state index in [1.165, 1.54) is 16.5 Å². The Morgan fingerprint density at radius 1 is 1.47 bits per heavy atom. The maximum atomic E-state index is 5.46. The molecule has 15 heavy (non-hydrogen) atoms. The average Bonchev–Trinajstić information content (AvgIpc) is 2.53. The number of benzene rings is 1. The third-order valence-corrected chi connectivity index (χ3v) is 3.04. The van der Waals surface area contributed by atoms with Crippen molar-refractivity contribution in [3.63, 3.8) is 0 Å². The first-order chi connectivity index (χ1) is 7.24.